The van der Waals surface area contributed by atoms with E-state index in [4.69, 9.17) is 5.11 Å². The van der Waals surface area contributed by atoms with Gasteiger partial charge in [-0.15, -0.1) is 0 Å². The van der Waals surface area contributed by atoms with Crippen LogP contribution in [0.5, 0.6) is 0 Å². The predicted octanol–water partition coefficient (Wildman–Crippen LogP) is 3.79. The molecule has 4 heteroatoms. The number of hydrogen-bond acceptors (Lipinski definition) is 2. The molecule has 0 aliphatic heterocycles. The number of nitrogens with zero attached hydrogens (tertiary/aromatic N) is 1. The zero-order valence-electron chi connectivity index (χ0n) is 12.2. The van der Waals surface area contributed by atoms with Crippen LogP contribution in [0.15, 0.2) is 24.3 Å². The molecule has 0 unspecified atom stereocenters. The van der Waals surface area contributed by atoms with E-state index in [-0.39, 0.29) is 11.5 Å². The Morgan fingerprint density at radius 3 is 2.81 bits per heavy atom. The standard InChI is InChI=1S/C17H18FNO2/c1-10(2)17(18)6-5-15-13(9-17)8-12-7-11(16(20)21)3-4-14(12)19-15/h3-4,7-8,10H,5-6,9H2,1-2H3,(H,20,21)/t17-/m1/s1. The lowest BCUT2D eigenvalue weighted by Gasteiger charge is -2.34. The first-order valence-corrected chi connectivity index (χ1v) is 7.24. The van der Waals surface area contributed by atoms with Gasteiger partial charge in [0.15, 0.2) is 0 Å². The summed E-state index contributed by atoms with van der Waals surface area (Å²) in [6.07, 6.45) is 1.50. The summed E-state index contributed by atoms with van der Waals surface area (Å²) in [5.74, 6) is -0.997. The molecule has 1 aliphatic rings. The molecular weight excluding hydrogens is 269 g/mol. The first-order chi connectivity index (χ1) is 9.89. The summed E-state index contributed by atoms with van der Waals surface area (Å²) in [4.78, 5) is 15.6. The molecule has 3 nitrogen and oxygen atoms in total. The number of alkyl halides is 1. The number of hydrogen-bond donors (Lipinski definition) is 1. The molecule has 0 radical (unpaired) electrons. The Labute approximate surface area is 122 Å². The number of halogens is 1. The molecule has 0 amide bonds. The molecule has 3 rings (SSSR count). The first-order valence-electron chi connectivity index (χ1n) is 7.24. The highest BCUT2D eigenvalue weighted by Gasteiger charge is 2.37. The van der Waals surface area contributed by atoms with Gasteiger partial charge in [-0.25, -0.2) is 9.18 Å². The van der Waals surface area contributed by atoms with Crippen LogP contribution in [0.2, 0.25) is 0 Å². The summed E-state index contributed by atoms with van der Waals surface area (Å²) >= 11 is 0. The number of carboxylic acid groups (broad SMARTS) is 1. The van der Waals surface area contributed by atoms with Gasteiger partial charge in [-0.2, -0.15) is 0 Å². The molecule has 0 bridgehead atoms. The van der Waals surface area contributed by atoms with Crippen LogP contribution in [0.4, 0.5) is 4.39 Å². The molecule has 0 fully saturated rings. The highest BCUT2D eigenvalue weighted by atomic mass is 19.1. The highest BCUT2D eigenvalue weighted by molar-refractivity contribution is 5.93. The Kier molecular flexibility index (Phi) is 3.19. The molecule has 1 N–H and O–H groups in total. The molecule has 0 saturated carbocycles. The van der Waals surface area contributed by atoms with Gasteiger partial charge in [-0.1, -0.05) is 13.8 Å². The van der Waals surface area contributed by atoms with Gasteiger partial charge < -0.3 is 5.11 Å². The van der Waals surface area contributed by atoms with Gasteiger partial charge in [0.05, 0.1) is 11.1 Å². The maximum Gasteiger partial charge on any atom is 0.335 e. The predicted molar refractivity (Wildman–Crippen MR) is 79.4 cm³/mol. The van der Waals surface area contributed by atoms with E-state index >= 15 is 0 Å². The van der Waals surface area contributed by atoms with E-state index in [0.717, 1.165) is 22.2 Å². The molecule has 110 valence electrons. The zero-order valence-corrected chi connectivity index (χ0v) is 12.2. The summed E-state index contributed by atoms with van der Waals surface area (Å²) in [5.41, 5.74) is 1.67. The number of carboxylic acids is 1. The molecule has 0 spiro atoms. The lowest BCUT2D eigenvalue weighted by atomic mass is 9.77. The minimum atomic E-state index is -1.19. The average Bonchev–Trinajstić information content (AvgIpc) is 2.44. The van der Waals surface area contributed by atoms with Crippen molar-refractivity contribution >= 4 is 16.9 Å². The second-order valence-electron chi connectivity index (χ2n) is 6.17. The summed E-state index contributed by atoms with van der Waals surface area (Å²) in [6, 6.07) is 6.79. The SMILES string of the molecule is CC(C)[C@@]1(F)CCc2nc3ccc(C(=O)O)cc3cc2C1. The van der Waals surface area contributed by atoms with Crippen molar-refractivity contribution in [3.63, 3.8) is 0 Å². The molecule has 2 aromatic rings. The minimum absolute atomic E-state index is 0.0355. The minimum Gasteiger partial charge on any atom is -0.478 e. The van der Waals surface area contributed by atoms with E-state index in [1.807, 2.05) is 19.9 Å². The second-order valence-corrected chi connectivity index (χ2v) is 6.17. The van der Waals surface area contributed by atoms with Crippen molar-refractivity contribution in [2.24, 2.45) is 5.92 Å². The molecule has 0 saturated heterocycles. The number of aryl methyl sites for hydroxylation is 1. The largest absolute Gasteiger partial charge is 0.478 e. The fraction of sp³-hybridized carbons (Fsp3) is 0.412. The van der Waals surface area contributed by atoms with E-state index in [1.54, 1.807) is 18.2 Å². The van der Waals surface area contributed by atoms with Crippen molar-refractivity contribution in [2.45, 2.75) is 38.8 Å². The molecule has 1 aromatic carbocycles. The Balaban J connectivity index is 2.09. The van der Waals surface area contributed by atoms with Crippen LogP contribution in [-0.4, -0.2) is 21.7 Å². The van der Waals surface area contributed by atoms with Gasteiger partial charge in [0.25, 0.3) is 0 Å². The zero-order chi connectivity index (χ0) is 15.2. The normalized spacial score (nSPS) is 21.5. The van der Waals surface area contributed by atoms with E-state index in [0.29, 0.717) is 19.3 Å². The van der Waals surface area contributed by atoms with Gasteiger partial charge >= 0.3 is 5.97 Å². The van der Waals surface area contributed by atoms with Gasteiger partial charge in [-0.05, 0) is 48.6 Å². The van der Waals surface area contributed by atoms with Gasteiger partial charge in [-0.3, -0.25) is 4.98 Å². The number of benzene rings is 1. The van der Waals surface area contributed by atoms with Crippen LogP contribution in [-0.2, 0) is 12.8 Å². The molecule has 21 heavy (non-hydrogen) atoms. The van der Waals surface area contributed by atoms with Gasteiger partial charge in [0.2, 0.25) is 0 Å². The lowest BCUT2D eigenvalue weighted by molar-refractivity contribution is 0.0697. The highest BCUT2D eigenvalue weighted by Crippen LogP contribution is 2.37. The van der Waals surface area contributed by atoms with Crippen molar-refractivity contribution in [3.8, 4) is 0 Å². The Morgan fingerprint density at radius 2 is 2.14 bits per heavy atom. The number of aromatic carboxylic acids is 1. The van der Waals surface area contributed by atoms with Gasteiger partial charge in [0.1, 0.15) is 5.67 Å². The number of aromatic nitrogens is 1. The summed E-state index contributed by atoms with van der Waals surface area (Å²) < 4.78 is 14.9. The van der Waals surface area contributed by atoms with E-state index in [9.17, 15) is 9.18 Å². The van der Waals surface area contributed by atoms with Crippen molar-refractivity contribution in [3.05, 3.63) is 41.1 Å². The van der Waals surface area contributed by atoms with Crippen molar-refractivity contribution < 1.29 is 14.3 Å². The monoisotopic (exact) mass is 287 g/mol. The van der Waals surface area contributed by atoms with E-state index in [2.05, 4.69) is 4.98 Å². The third-order valence-electron chi connectivity index (χ3n) is 4.53. The third kappa shape index (κ3) is 2.39. The summed E-state index contributed by atoms with van der Waals surface area (Å²) in [6.45, 7) is 3.81. The molecule has 1 atom stereocenters. The van der Waals surface area contributed by atoms with Crippen molar-refractivity contribution in [1.82, 2.24) is 4.98 Å². The smallest absolute Gasteiger partial charge is 0.335 e. The van der Waals surface area contributed by atoms with Crippen LogP contribution in [0, 0.1) is 5.92 Å². The van der Waals surface area contributed by atoms with Crippen LogP contribution in [0.1, 0.15) is 41.9 Å². The van der Waals surface area contributed by atoms with E-state index in [1.165, 1.54) is 0 Å². The van der Waals surface area contributed by atoms with Crippen LogP contribution in [0.3, 0.4) is 0 Å². The van der Waals surface area contributed by atoms with Crippen LogP contribution >= 0.6 is 0 Å². The first kappa shape index (κ1) is 14.0. The quantitative estimate of drug-likeness (QED) is 0.914. The Morgan fingerprint density at radius 1 is 1.38 bits per heavy atom. The number of rotatable bonds is 2. The summed E-state index contributed by atoms with van der Waals surface area (Å²) in [5, 5.41) is 9.82. The maximum atomic E-state index is 14.9. The third-order valence-corrected chi connectivity index (χ3v) is 4.53. The van der Waals surface area contributed by atoms with Crippen LogP contribution in [0.25, 0.3) is 10.9 Å². The van der Waals surface area contributed by atoms with E-state index < -0.39 is 11.6 Å². The number of fused-ring (bicyclic) bond motifs is 2. The molecular formula is C17H18FNO2. The fourth-order valence-electron chi connectivity index (χ4n) is 2.99. The van der Waals surface area contributed by atoms with Crippen molar-refractivity contribution in [1.29, 1.82) is 0 Å². The molecule has 1 aliphatic carbocycles. The summed E-state index contributed by atoms with van der Waals surface area (Å²) in [7, 11) is 0. The topological polar surface area (TPSA) is 50.2 Å². The molecule has 1 heterocycles. The molecule has 1 aromatic heterocycles. The number of carbonyl (C=O) groups is 1. The fourth-order valence-corrected chi connectivity index (χ4v) is 2.99. The maximum absolute atomic E-state index is 14.9. The van der Waals surface area contributed by atoms with Crippen molar-refractivity contribution in [2.75, 3.05) is 0 Å². The Hall–Kier alpha value is -1.97. The van der Waals surface area contributed by atoms with Gasteiger partial charge in [0, 0.05) is 17.5 Å². The lowest BCUT2D eigenvalue weighted by Crippen LogP contribution is -2.36. The number of pyridine rings is 1. The second kappa shape index (κ2) is 4.79. The Bertz CT molecular complexity index is 726. The van der Waals surface area contributed by atoms with Crippen LogP contribution < -0.4 is 0 Å². The average molecular weight is 287 g/mol.